The van der Waals surface area contributed by atoms with Crippen LogP contribution in [0.25, 0.3) is 10.9 Å². The van der Waals surface area contributed by atoms with Gasteiger partial charge in [0.1, 0.15) is 5.75 Å². The SMILES string of the molecule is COc1cccc2c(C(=O)c3ccccc3)cn(CCCN3[C@@H]4CC[C@H]3C[C@@H](CCc3ccccc3)C4)c12. The Balaban J connectivity index is 1.12. The van der Waals surface area contributed by atoms with Crippen LogP contribution in [0.15, 0.2) is 85.1 Å². The summed E-state index contributed by atoms with van der Waals surface area (Å²) in [6.07, 6.45) is 11.0. The number of carbonyl (C=O) groups is 1. The van der Waals surface area contributed by atoms with Gasteiger partial charge in [-0.3, -0.25) is 9.69 Å². The largest absolute Gasteiger partial charge is 0.495 e. The predicted molar refractivity (Wildman–Crippen MR) is 154 cm³/mol. The van der Waals surface area contributed by atoms with E-state index in [0.717, 1.165) is 65.3 Å². The van der Waals surface area contributed by atoms with Gasteiger partial charge >= 0.3 is 0 Å². The number of aromatic nitrogens is 1. The first-order valence-corrected chi connectivity index (χ1v) is 14.3. The van der Waals surface area contributed by atoms with Crippen LogP contribution >= 0.6 is 0 Å². The van der Waals surface area contributed by atoms with Crippen molar-refractivity contribution in [2.75, 3.05) is 13.7 Å². The van der Waals surface area contributed by atoms with E-state index in [1.165, 1.54) is 44.1 Å². The molecule has 0 aliphatic carbocycles. The number of fused-ring (bicyclic) bond motifs is 3. The molecule has 2 aliphatic heterocycles. The second-order valence-corrected chi connectivity index (χ2v) is 11.1. The van der Waals surface area contributed by atoms with Gasteiger partial charge in [-0.1, -0.05) is 72.8 Å². The second kappa shape index (κ2) is 11.2. The standard InChI is InChI=1S/C34H38N2O2/c1-38-32-15-8-14-30-31(34(37)27-12-6-3-7-13-27)24-35(33(30)32)20-9-21-36-28-18-19-29(36)23-26(22-28)17-16-25-10-4-2-5-11-25/h2-8,10-15,24,26,28-29H,9,16-23H2,1H3/t26-,28+,29-. The Morgan fingerprint density at radius 3 is 2.29 bits per heavy atom. The highest BCUT2D eigenvalue weighted by molar-refractivity contribution is 6.17. The minimum absolute atomic E-state index is 0.0678. The number of benzene rings is 3. The van der Waals surface area contributed by atoms with Gasteiger partial charge in [0.2, 0.25) is 0 Å². The maximum atomic E-state index is 13.4. The summed E-state index contributed by atoms with van der Waals surface area (Å²) in [5, 5.41) is 0.970. The summed E-state index contributed by atoms with van der Waals surface area (Å²) < 4.78 is 7.98. The Morgan fingerprint density at radius 2 is 1.58 bits per heavy atom. The van der Waals surface area contributed by atoms with Gasteiger partial charge in [-0.05, 0) is 62.5 Å². The zero-order valence-electron chi connectivity index (χ0n) is 22.4. The number of ketones is 1. The summed E-state index contributed by atoms with van der Waals surface area (Å²) in [5.41, 5.74) is 3.98. The van der Waals surface area contributed by atoms with E-state index in [1.807, 2.05) is 54.7 Å². The van der Waals surface area contributed by atoms with E-state index in [1.54, 1.807) is 7.11 Å². The van der Waals surface area contributed by atoms with Crippen LogP contribution in [0, 0.1) is 5.92 Å². The summed E-state index contributed by atoms with van der Waals surface area (Å²) in [5.74, 6) is 1.75. The zero-order chi connectivity index (χ0) is 25.9. The Labute approximate surface area is 226 Å². The molecular weight excluding hydrogens is 468 g/mol. The van der Waals surface area contributed by atoms with Crippen LogP contribution < -0.4 is 4.74 Å². The molecule has 0 amide bonds. The molecule has 0 radical (unpaired) electrons. The van der Waals surface area contributed by atoms with Crippen molar-refractivity contribution in [1.82, 2.24) is 9.47 Å². The summed E-state index contributed by atoms with van der Waals surface area (Å²) >= 11 is 0. The molecule has 2 bridgehead atoms. The van der Waals surface area contributed by atoms with Crippen LogP contribution in [0.4, 0.5) is 0 Å². The highest BCUT2D eigenvalue weighted by Gasteiger charge is 2.39. The first kappa shape index (κ1) is 24.9. The smallest absolute Gasteiger partial charge is 0.195 e. The quantitative estimate of drug-likeness (QED) is 0.214. The number of para-hydroxylation sites is 1. The molecule has 0 unspecified atom stereocenters. The number of aryl methyl sites for hydroxylation is 2. The van der Waals surface area contributed by atoms with Gasteiger partial charge < -0.3 is 9.30 Å². The Bertz CT molecular complexity index is 1360. The Hall–Kier alpha value is -3.37. The van der Waals surface area contributed by atoms with Gasteiger partial charge in [0.05, 0.1) is 12.6 Å². The summed E-state index contributed by atoms with van der Waals surface area (Å²) in [6.45, 7) is 2.00. The summed E-state index contributed by atoms with van der Waals surface area (Å²) in [4.78, 5) is 16.2. The number of methoxy groups -OCH3 is 1. The molecule has 196 valence electrons. The van der Waals surface area contributed by atoms with Crippen LogP contribution in [-0.4, -0.2) is 41.0 Å². The fourth-order valence-corrected chi connectivity index (χ4v) is 7.02. The summed E-state index contributed by atoms with van der Waals surface area (Å²) in [7, 11) is 1.71. The zero-order valence-corrected chi connectivity index (χ0v) is 22.4. The van der Waals surface area contributed by atoms with Crippen LogP contribution in [0.1, 0.15) is 60.0 Å². The highest BCUT2D eigenvalue weighted by atomic mass is 16.5. The highest BCUT2D eigenvalue weighted by Crippen LogP contribution is 2.40. The van der Waals surface area contributed by atoms with Crippen LogP contribution in [0.5, 0.6) is 5.75 Å². The van der Waals surface area contributed by atoms with Crippen LogP contribution in [0.2, 0.25) is 0 Å². The lowest BCUT2D eigenvalue weighted by Gasteiger charge is -2.39. The van der Waals surface area contributed by atoms with Gasteiger partial charge in [0.15, 0.2) is 5.78 Å². The van der Waals surface area contributed by atoms with Gasteiger partial charge in [0, 0.05) is 47.9 Å². The normalized spacial score (nSPS) is 21.1. The van der Waals surface area contributed by atoms with E-state index in [2.05, 4.69) is 39.8 Å². The van der Waals surface area contributed by atoms with Gasteiger partial charge in [0.25, 0.3) is 0 Å². The number of nitrogens with zero attached hydrogens (tertiary/aromatic N) is 2. The molecule has 2 aliphatic rings. The third-order valence-electron chi connectivity index (χ3n) is 8.84. The molecule has 1 aromatic heterocycles. The number of ether oxygens (including phenoxy) is 1. The van der Waals surface area contributed by atoms with Crippen molar-refractivity contribution >= 4 is 16.7 Å². The van der Waals surface area contributed by atoms with Crippen LogP contribution in [-0.2, 0) is 13.0 Å². The van der Waals surface area contributed by atoms with E-state index in [4.69, 9.17) is 4.74 Å². The van der Waals surface area contributed by atoms with Crippen molar-refractivity contribution in [1.29, 1.82) is 0 Å². The van der Waals surface area contributed by atoms with E-state index in [-0.39, 0.29) is 5.78 Å². The van der Waals surface area contributed by atoms with Crippen LogP contribution in [0.3, 0.4) is 0 Å². The molecule has 0 spiro atoms. The lowest BCUT2D eigenvalue weighted by atomic mass is 9.86. The monoisotopic (exact) mass is 506 g/mol. The predicted octanol–water partition coefficient (Wildman–Crippen LogP) is 7.15. The van der Waals surface area contributed by atoms with Crippen molar-refractivity contribution in [3.8, 4) is 5.75 Å². The number of carbonyl (C=O) groups excluding carboxylic acids is 1. The van der Waals surface area contributed by atoms with Gasteiger partial charge in [-0.25, -0.2) is 0 Å². The van der Waals surface area contributed by atoms with Crippen molar-refractivity contribution in [3.05, 3.63) is 102 Å². The molecule has 4 aromatic rings. The molecule has 4 nitrogen and oxygen atoms in total. The fraction of sp³-hybridized carbons (Fsp3) is 0.382. The molecule has 0 saturated carbocycles. The van der Waals surface area contributed by atoms with Gasteiger partial charge in [-0.2, -0.15) is 0 Å². The molecule has 6 rings (SSSR count). The molecule has 3 aromatic carbocycles. The number of rotatable bonds is 10. The molecule has 38 heavy (non-hydrogen) atoms. The Kier molecular flexibility index (Phi) is 7.33. The molecule has 3 heterocycles. The lowest BCUT2D eigenvalue weighted by molar-refractivity contribution is 0.0978. The number of hydrogen-bond acceptors (Lipinski definition) is 3. The topological polar surface area (TPSA) is 34.5 Å². The van der Waals surface area contributed by atoms with Crippen molar-refractivity contribution in [2.45, 2.75) is 63.6 Å². The number of piperidine rings is 1. The maximum Gasteiger partial charge on any atom is 0.195 e. The molecule has 2 fully saturated rings. The van der Waals surface area contributed by atoms with Gasteiger partial charge in [-0.15, -0.1) is 0 Å². The van der Waals surface area contributed by atoms with E-state index >= 15 is 0 Å². The fourth-order valence-electron chi connectivity index (χ4n) is 7.02. The minimum atomic E-state index is 0.0678. The first-order valence-electron chi connectivity index (χ1n) is 14.3. The molecule has 0 N–H and O–H groups in total. The second-order valence-electron chi connectivity index (χ2n) is 11.1. The average molecular weight is 507 g/mol. The first-order chi connectivity index (χ1) is 18.7. The molecule has 4 heteroatoms. The molecule has 2 saturated heterocycles. The van der Waals surface area contributed by atoms with Crippen molar-refractivity contribution in [3.63, 3.8) is 0 Å². The van der Waals surface area contributed by atoms with E-state index in [9.17, 15) is 4.79 Å². The third kappa shape index (κ3) is 5.02. The van der Waals surface area contributed by atoms with E-state index < -0.39 is 0 Å². The third-order valence-corrected chi connectivity index (χ3v) is 8.84. The van der Waals surface area contributed by atoms with Crippen molar-refractivity contribution < 1.29 is 9.53 Å². The number of hydrogen-bond donors (Lipinski definition) is 0. The Morgan fingerprint density at radius 1 is 0.868 bits per heavy atom. The molecular formula is C34H38N2O2. The minimum Gasteiger partial charge on any atom is -0.495 e. The van der Waals surface area contributed by atoms with E-state index in [0.29, 0.717) is 0 Å². The lowest BCUT2D eigenvalue weighted by Crippen LogP contribution is -2.43. The summed E-state index contributed by atoms with van der Waals surface area (Å²) in [6, 6.07) is 28.0. The van der Waals surface area contributed by atoms with Crippen molar-refractivity contribution in [2.24, 2.45) is 5.92 Å². The average Bonchev–Trinajstić information content (AvgIpc) is 3.45. The maximum absolute atomic E-state index is 13.4. The molecule has 3 atom stereocenters.